The van der Waals surface area contributed by atoms with Crippen molar-refractivity contribution in [1.29, 1.82) is 5.26 Å². The fourth-order valence-electron chi connectivity index (χ4n) is 2.65. The fourth-order valence-corrected chi connectivity index (χ4v) is 3.12. The summed E-state index contributed by atoms with van der Waals surface area (Å²) in [6.45, 7) is 0.687. The van der Waals surface area contributed by atoms with Gasteiger partial charge < -0.3 is 15.7 Å². The Morgan fingerprint density at radius 2 is 1.83 bits per heavy atom. The third-order valence-corrected chi connectivity index (χ3v) is 4.66. The Balaban J connectivity index is 1.86. The van der Waals surface area contributed by atoms with Crippen molar-refractivity contribution in [2.45, 2.75) is 12.8 Å². The Bertz CT molecular complexity index is 1020. The molecule has 0 saturated heterocycles. The smallest absolute Gasteiger partial charge is 0.229 e. The predicted octanol–water partition coefficient (Wildman–Crippen LogP) is 4.78. The van der Waals surface area contributed by atoms with E-state index >= 15 is 0 Å². The average molecular weight is 428 g/mol. The van der Waals surface area contributed by atoms with E-state index in [2.05, 4.69) is 26.7 Å². The number of anilines is 3. The van der Waals surface area contributed by atoms with Crippen molar-refractivity contribution < 1.29 is 5.11 Å². The van der Waals surface area contributed by atoms with Crippen molar-refractivity contribution >= 4 is 40.7 Å². The van der Waals surface area contributed by atoms with Gasteiger partial charge in [-0.05, 0) is 48.4 Å². The minimum absolute atomic E-state index is 0.0989. The van der Waals surface area contributed by atoms with E-state index in [0.717, 1.165) is 16.9 Å². The maximum absolute atomic E-state index is 9.01. The zero-order chi connectivity index (χ0) is 20.6. The van der Waals surface area contributed by atoms with Crippen LogP contribution in [0.25, 0.3) is 0 Å². The number of benzene rings is 2. The number of nitrogens with zero attached hydrogens (tertiary/aromatic N) is 3. The van der Waals surface area contributed by atoms with Gasteiger partial charge in [0.2, 0.25) is 5.95 Å². The van der Waals surface area contributed by atoms with E-state index in [1.807, 2.05) is 12.1 Å². The van der Waals surface area contributed by atoms with E-state index in [0.29, 0.717) is 46.8 Å². The van der Waals surface area contributed by atoms with Gasteiger partial charge >= 0.3 is 0 Å². The summed E-state index contributed by atoms with van der Waals surface area (Å²) in [7, 11) is 0. The number of nitriles is 1. The Morgan fingerprint density at radius 3 is 2.52 bits per heavy atom. The van der Waals surface area contributed by atoms with Crippen LogP contribution in [0, 0.1) is 11.3 Å². The molecule has 0 spiro atoms. The molecule has 1 aromatic heterocycles. The zero-order valence-electron chi connectivity index (χ0n) is 15.5. The first-order chi connectivity index (χ1) is 14.1. The van der Waals surface area contributed by atoms with Crippen molar-refractivity contribution in [2.75, 3.05) is 23.8 Å². The largest absolute Gasteiger partial charge is 0.396 e. The number of nitrogens with one attached hydrogen (secondary N) is 2. The Kier molecular flexibility index (Phi) is 7.25. The highest BCUT2D eigenvalue weighted by atomic mass is 35.5. The second kappa shape index (κ2) is 10.1. The van der Waals surface area contributed by atoms with Crippen molar-refractivity contribution in [3.8, 4) is 6.07 Å². The highest BCUT2D eigenvalue weighted by molar-refractivity contribution is 6.35. The second-order valence-corrected chi connectivity index (χ2v) is 7.14. The molecule has 2 aromatic carbocycles. The SMILES string of the molecule is N#Cc1ccc(Nc2nc(Cc3ccc(Cl)cc3Cl)cc(NCCCO)n2)cc1. The van der Waals surface area contributed by atoms with Gasteiger partial charge in [0, 0.05) is 41.4 Å². The summed E-state index contributed by atoms with van der Waals surface area (Å²) in [5.74, 6) is 1.06. The molecule has 0 aliphatic carbocycles. The van der Waals surface area contributed by atoms with Gasteiger partial charge in [-0.3, -0.25) is 0 Å². The Morgan fingerprint density at radius 1 is 1.03 bits per heavy atom. The summed E-state index contributed by atoms with van der Waals surface area (Å²) in [5, 5.41) is 25.4. The Hall–Kier alpha value is -2.85. The van der Waals surface area contributed by atoms with Gasteiger partial charge in [0.25, 0.3) is 0 Å². The quantitative estimate of drug-likeness (QED) is 0.447. The van der Waals surface area contributed by atoms with Crippen LogP contribution in [0.1, 0.15) is 23.2 Å². The standard InChI is InChI=1S/C21H19Cl2N5O/c22-16-5-4-15(19(23)11-16)10-18-12-20(25-8-1-9-29)28-21(27-18)26-17-6-2-14(13-24)3-7-17/h2-7,11-12,29H,1,8-10H2,(H2,25,26,27,28). The lowest BCUT2D eigenvalue weighted by atomic mass is 10.1. The summed E-state index contributed by atoms with van der Waals surface area (Å²) < 4.78 is 0. The molecule has 0 aliphatic rings. The normalized spacial score (nSPS) is 10.4. The number of aliphatic hydroxyl groups excluding tert-OH is 1. The molecule has 0 fully saturated rings. The first kappa shape index (κ1) is 20.9. The molecule has 0 aliphatic heterocycles. The fraction of sp³-hybridized carbons (Fsp3) is 0.190. The molecule has 8 heteroatoms. The summed E-state index contributed by atoms with van der Waals surface area (Å²) in [6.07, 6.45) is 1.12. The molecular weight excluding hydrogens is 409 g/mol. The van der Waals surface area contributed by atoms with Crippen LogP contribution in [-0.2, 0) is 6.42 Å². The molecule has 1 heterocycles. The van der Waals surface area contributed by atoms with Crippen molar-refractivity contribution in [1.82, 2.24) is 9.97 Å². The molecule has 0 bridgehead atoms. The van der Waals surface area contributed by atoms with Crippen LogP contribution in [0.15, 0.2) is 48.5 Å². The van der Waals surface area contributed by atoms with Gasteiger partial charge in [-0.25, -0.2) is 4.98 Å². The van der Waals surface area contributed by atoms with E-state index in [9.17, 15) is 0 Å². The van der Waals surface area contributed by atoms with Gasteiger partial charge in [-0.2, -0.15) is 10.2 Å². The number of hydrogen-bond donors (Lipinski definition) is 3. The topological polar surface area (TPSA) is 93.9 Å². The third kappa shape index (κ3) is 6.06. The highest BCUT2D eigenvalue weighted by Gasteiger charge is 2.09. The molecule has 29 heavy (non-hydrogen) atoms. The van der Waals surface area contributed by atoms with Gasteiger partial charge in [-0.15, -0.1) is 0 Å². The molecule has 3 aromatic rings. The summed E-state index contributed by atoms with van der Waals surface area (Å²) >= 11 is 12.3. The summed E-state index contributed by atoms with van der Waals surface area (Å²) in [5.41, 5.74) is 3.02. The van der Waals surface area contributed by atoms with Gasteiger partial charge in [0.1, 0.15) is 5.82 Å². The summed E-state index contributed by atoms with van der Waals surface area (Å²) in [4.78, 5) is 9.08. The van der Waals surface area contributed by atoms with Crippen LogP contribution >= 0.6 is 23.2 Å². The minimum Gasteiger partial charge on any atom is -0.396 e. The average Bonchev–Trinajstić information content (AvgIpc) is 2.71. The molecule has 0 unspecified atom stereocenters. The number of aliphatic hydroxyl groups is 1. The number of halogens is 2. The lowest BCUT2D eigenvalue weighted by Crippen LogP contribution is -2.09. The number of aromatic nitrogens is 2. The highest BCUT2D eigenvalue weighted by Crippen LogP contribution is 2.24. The molecule has 6 nitrogen and oxygen atoms in total. The van der Waals surface area contributed by atoms with Gasteiger partial charge in [-0.1, -0.05) is 29.3 Å². The van der Waals surface area contributed by atoms with Gasteiger partial charge in [0.15, 0.2) is 0 Å². The maximum Gasteiger partial charge on any atom is 0.229 e. The maximum atomic E-state index is 9.01. The van der Waals surface area contributed by atoms with Crippen LogP contribution in [0.2, 0.25) is 10.0 Å². The van der Waals surface area contributed by atoms with E-state index in [1.165, 1.54) is 0 Å². The van der Waals surface area contributed by atoms with E-state index < -0.39 is 0 Å². The lowest BCUT2D eigenvalue weighted by molar-refractivity contribution is 0.292. The van der Waals surface area contributed by atoms with E-state index in [1.54, 1.807) is 36.4 Å². The van der Waals surface area contributed by atoms with Crippen LogP contribution in [0.4, 0.5) is 17.5 Å². The van der Waals surface area contributed by atoms with E-state index in [-0.39, 0.29) is 6.61 Å². The van der Waals surface area contributed by atoms with Crippen LogP contribution in [0.5, 0.6) is 0 Å². The zero-order valence-corrected chi connectivity index (χ0v) is 17.0. The lowest BCUT2D eigenvalue weighted by Gasteiger charge is -2.12. The number of rotatable bonds is 8. The summed E-state index contributed by atoms with van der Waals surface area (Å²) in [6, 6.07) is 16.3. The molecule has 3 rings (SSSR count). The first-order valence-electron chi connectivity index (χ1n) is 9.01. The first-order valence-corrected chi connectivity index (χ1v) is 9.77. The molecule has 0 radical (unpaired) electrons. The second-order valence-electron chi connectivity index (χ2n) is 6.30. The van der Waals surface area contributed by atoms with Crippen LogP contribution in [-0.4, -0.2) is 28.2 Å². The molecule has 3 N–H and O–H groups in total. The predicted molar refractivity (Wildman–Crippen MR) is 116 cm³/mol. The van der Waals surface area contributed by atoms with Crippen molar-refractivity contribution in [3.05, 3.63) is 75.4 Å². The molecule has 0 atom stereocenters. The van der Waals surface area contributed by atoms with Crippen LogP contribution < -0.4 is 10.6 Å². The Labute approximate surface area is 179 Å². The van der Waals surface area contributed by atoms with Gasteiger partial charge in [0.05, 0.1) is 17.3 Å². The van der Waals surface area contributed by atoms with Crippen LogP contribution in [0.3, 0.4) is 0 Å². The molecular formula is C21H19Cl2N5O. The van der Waals surface area contributed by atoms with Crippen molar-refractivity contribution in [3.63, 3.8) is 0 Å². The minimum atomic E-state index is 0.0989. The molecule has 148 valence electrons. The van der Waals surface area contributed by atoms with Crippen molar-refractivity contribution in [2.24, 2.45) is 0 Å². The number of hydrogen-bond acceptors (Lipinski definition) is 6. The monoisotopic (exact) mass is 427 g/mol. The molecule has 0 amide bonds. The third-order valence-electron chi connectivity index (χ3n) is 4.08. The van der Waals surface area contributed by atoms with E-state index in [4.69, 9.17) is 33.6 Å². The molecule has 0 saturated carbocycles.